The van der Waals surface area contributed by atoms with Gasteiger partial charge in [-0.2, -0.15) is 0 Å². The molecule has 0 aliphatic carbocycles. The molecular weight excluding hydrogens is 258 g/mol. The van der Waals surface area contributed by atoms with E-state index in [1.54, 1.807) is 6.92 Å². The largest absolute Gasteiger partial charge is 0.480 e. The number of nitrogens with two attached hydrogens (primary N) is 1. The summed E-state index contributed by atoms with van der Waals surface area (Å²) in [4.78, 5) is 27.1. The van der Waals surface area contributed by atoms with E-state index < -0.39 is 17.9 Å². The first-order chi connectivity index (χ1) is 8.45. The summed E-state index contributed by atoms with van der Waals surface area (Å²) in [5.74, 6) is -1.58. The van der Waals surface area contributed by atoms with Gasteiger partial charge in [0.25, 0.3) is 5.91 Å². The first kappa shape index (κ1) is 14.4. The van der Waals surface area contributed by atoms with Gasteiger partial charge in [-0.1, -0.05) is 11.3 Å². The number of carbonyl (C=O) groups is 2. The Morgan fingerprint density at radius 3 is 2.72 bits per heavy atom. The molecule has 0 radical (unpaired) electrons. The van der Waals surface area contributed by atoms with Gasteiger partial charge in [0.2, 0.25) is 0 Å². The third-order valence-corrected chi connectivity index (χ3v) is 3.22. The smallest absolute Gasteiger partial charge is 0.326 e. The summed E-state index contributed by atoms with van der Waals surface area (Å²) in [6.45, 7) is 1.90. The molecule has 1 rings (SSSR count). The highest BCUT2D eigenvalue weighted by atomic mass is 32.1. The van der Waals surface area contributed by atoms with Crippen molar-refractivity contribution in [3.8, 4) is 0 Å². The molecule has 7 nitrogen and oxygen atoms in total. The Kier molecular flexibility index (Phi) is 5.05. The molecule has 100 valence electrons. The van der Waals surface area contributed by atoms with Gasteiger partial charge in [0.15, 0.2) is 5.13 Å². The summed E-state index contributed by atoms with van der Waals surface area (Å²) < 4.78 is 4.79. The first-order valence-corrected chi connectivity index (χ1v) is 6.03. The van der Waals surface area contributed by atoms with Gasteiger partial charge in [0.1, 0.15) is 10.9 Å². The Bertz CT molecular complexity index is 446. The monoisotopic (exact) mass is 273 g/mol. The molecule has 1 aromatic rings. The Morgan fingerprint density at radius 1 is 1.61 bits per heavy atom. The predicted octanol–water partition coefficient (Wildman–Crippen LogP) is 0.253. The molecule has 1 amide bonds. The van der Waals surface area contributed by atoms with E-state index in [1.807, 2.05) is 0 Å². The lowest BCUT2D eigenvalue weighted by atomic mass is 10.2. The van der Waals surface area contributed by atoms with Crippen LogP contribution in [0.1, 0.15) is 21.8 Å². The lowest BCUT2D eigenvalue weighted by molar-refractivity contribution is -0.139. The molecular formula is C10H15N3O4S. The number of aliphatic carboxylic acids is 1. The number of nitrogens with zero attached hydrogens (tertiary/aromatic N) is 1. The van der Waals surface area contributed by atoms with Gasteiger partial charge in [-0.15, -0.1) is 0 Å². The van der Waals surface area contributed by atoms with Crippen molar-refractivity contribution in [2.75, 3.05) is 19.5 Å². The van der Waals surface area contributed by atoms with Crippen LogP contribution >= 0.6 is 11.3 Å². The van der Waals surface area contributed by atoms with Crippen LogP contribution < -0.4 is 11.1 Å². The number of aromatic nitrogens is 1. The fraction of sp³-hybridized carbons (Fsp3) is 0.500. The van der Waals surface area contributed by atoms with Crippen LogP contribution in [-0.4, -0.2) is 41.7 Å². The minimum atomic E-state index is -1.10. The molecule has 0 saturated carbocycles. The van der Waals surface area contributed by atoms with Gasteiger partial charge in [-0.25, -0.2) is 9.78 Å². The number of nitrogens with one attached hydrogen (secondary N) is 1. The zero-order chi connectivity index (χ0) is 13.7. The van der Waals surface area contributed by atoms with Crippen LogP contribution in [0.4, 0.5) is 5.13 Å². The van der Waals surface area contributed by atoms with Gasteiger partial charge >= 0.3 is 5.97 Å². The van der Waals surface area contributed by atoms with Crippen molar-refractivity contribution in [2.24, 2.45) is 0 Å². The number of hydrogen-bond acceptors (Lipinski definition) is 6. The highest BCUT2D eigenvalue weighted by Gasteiger charge is 2.22. The minimum absolute atomic E-state index is 0.199. The van der Waals surface area contributed by atoms with E-state index in [0.29, 0.717) is 10.6 Å². The van der Waals surface area contributed by atoms with Gasteiger partial charge in [0, 0.05) is 20.1 Å². The van der Waals surface area contributed by atoms with E-state index in [2.05, 4.69) is 10.3 Å². The van der Waals surface area contributed by atoms with Crippen LogP contribution in [0.15, 0.2) is 0 Å². The molecule has 0 aromatic carbocycles. The molecule has 0 spiro atoms. The molecule has 0 aliphatic heterocycles. The van der Waals surface area contributed by atoms with E-state index >= 15 is 0 Å². The van der Waals surface area contributed by atoms with Gasteiger partial charge < -0.3 is 20.9 Å². The Morgan fingerprint density at radius 2 is 2.28 bits per heavy atom. The van der Waals surface area contributed by atoms with Crippen LogP contribution in [0.25, 0.3) is 0 Å². The number of carboxylic acid groups (broad SMARTS) is 1. The van der Waals surface area contributed by atoms with E-state index in [1.165, 1.54) is 7.11 Å². The predicted molar refractivity (Wildman–Crippen MR) is 66.6 cm³/mol. The average Bonchev–Trinajstić information content (AvgIpc) is 2.63. The zero-order valence-electron chi connectivity index (χ0n) is 10.1. The van der Waals surface area contributed by atoms with Crippen molar-refractivity contribution in [1.29, 1.82) is 0 Å². The van der Waals surface area contributed by atoms with E-state index in [-0.39, 0.29) is 18.2 Å². The number of rotatable bonds is 6. The fourth-order valence-corrected chi connectivity index (χ4v) is 2.08. The highest BCUT2D eigenvalue weighted by molar-refractivity contribution is 7.17. The third-order valence-electron chi connectivity index (χ3n) is 2.23. The van der Waals surface area contributed by atoms with Crippen molar-refractivity contribution in [3.05, 3.63) is 10.6 Å². The Balaban J connectivity index is 2.72. The lowest BCUT2D eigenvalue weighted by Crippen LogP contribution is -2.41. The van der Waals surface area contributed by atoms with E-state index in [9.17, 15) is 9.59 Å². The van der Waals surface area contributed by atoms with Crippen LogP contribution in [0.3, 0.4) is 0 Å². The van der Waals surface area contributed by atoms with Crippen molar-refractivity contribution in [3.63, 3.8) is 0 Å². The average molecular weight is 273 g/mol. The second-order valence-electron chi connectivity index (χ2n) is 3.61. The number of carboxylic acids is 1. The maximum atomic E-state index is 11.9. The summed E-state index contributed by atoms with van der Waals surface area (Å²) >= 11 is 1.03. The molecule has 0 aliphatic rings. The number of hydrogen-bond donors (Lipinski definition) is 3. The van der Waals surface area contributed by atoms with E-state index in [4.69, 9.17) is 15.6 Å². The molecule has 1 atom stereocenters. The SMILES string of the molecule is COCCC(NC(=O)c1sc(N)nc1C)C(=O)O. The van der Waals surface area contributed by atoms with Crippen LogP contribution in [0, 0.1) is 6.92 Å². The number of methoxy groups -OCH3 is 1. The number of carbonyl (C=O) groups excluding carboxylic acids is 1. The quantitative estimate of drug-likeness (QED) is 0.684. The van der Waals surface area contributed by atoms with Crippen LogP contribution in [0.2, 0.25) is 0 Å². The molecule has 8 heteroatoms. The molecule has 4 N–H and O–H groups in total. The number of ether oxygens (including phenoxy) is 1. The first-order valence-electron chi connectivity index (χ1n) is 5.21. The molecule has 0 bridgehead atoms. The van der Waals surface area contributed by atoms with E-state index in [0.717, 1.165) is 11.3 Å². The lowest BCUT2D eigenvalue weighted by Gasteiger charge is -2.13. The molecule has 1 heterocycles. The summed E-state index contributed by atoms with van der Waals surface area (Å²) in [5, 5.41) is 11.7. The Hall–Kier alpha value is -1.67. The standard InChI is InChI=1S/C10H15N3O4S/c1-5-7(18-10(11)12-5)8(14)13-6(9(15)16)3-4-17-2/h6H,3-4H2,1-2H3,(H2,11,12)(H,13,14)(H,15,16). The van der Waals surface area contributed by atoms with Crippen molar-refractivity contribution < 1.29 is 19.4 Å². The fourth-order valence-electron chi connectivity index (χ4n) is 1.34. The normalized spacial score (nSPS) is 12.1. The summed E-state index contributed by atoms with van der Waals surface area (Å²) in [7, 11) is 1.47. The molecule has 0 fully saturated rings. The number of nitrogen functional groups attached to an aromatic ring is 1. The number of anilines is 1. The van der Waals surface area contributed by atoms with Gasteiger partial charge in [0.05, 0.1) is 5.69 Å². The second-order valence-corrected chi connectivity index (χ2v) is 4.64. The molecule has 1 unspecified atom stereocenters. The maximum Gasteiger partial charge on any atom is 0.326 e. The van der Waals surface area contributed by atoms with Crippen LogP contribution in [-0.2, 0) is 9.53 Å². The van der Waals surface area contributed by atoms with Crippen molar-refractivity contribution in [2.45, 2.75) is 19.4 Å². The number of aryl methyl sites for hydroxylation is 1. The van der Waals surface area contributed by atoms with Crippen LogP contribution in [0.5, 0.6) is 0 Å². The van der Waals surface area contributed by atoms with Gasteiger partial charge in [-0.05, 0) is 6.92 Å². The molecule has 0 saturated heterocycles. The minimum Gasteiger partial charge on any atom is -0.480 e. The topological polar surface area (TPSA) is 115 Å². The third kappa shape index (κ3) is 3.67. The summed E-state index contributed by atoms with van der Waals surface area (Å²) in [5.41, 5.74) is 5.97. The number of amides is 1. The summed E-state index contributed by atoms with van der Waals surface area (Å²) in [6, 6.07) is -0.986. The highest BCUT2D eigenvalue weighted by Crippen LogP contribution is 2.19. The number of thiazole rings is 1. The zero-order valence-corrected chi connectivity index (χ0v) is 10.9. The van der Waals surface area contributed by atoms with Gasteiger partial charge in [-0.3, -0.25) is 4.79 Å². The summed E-state index contributed by atoms with van der Waals surface area (Å²) in [6.07, 6.45) is 0.199. The van der Waals surface area contributed by atoms with Crippen molar-refractivity contribution in [1.82, 2.24) is 10.3 Å². The maximum absolute atomic E-state index is 11.9. The molecule has 1 aromatic heterocycles. The second kappa shape index (κ2) is 6.31. The Labute approximate surface area is 108 Å². The van der Waals surface area contributed by atoms with Crippen molar-refractivity contribution >= 4 is 28.3 Å². The molecule has 18 heavy (non-hydrogen) atoms.